The molecule has 0 nitrogen and oxygen atoms in total. The second kappa shape index (κ2) is 17.2. The van der Waals surface area contributed by atoms with Crippen LogP contribution < -0.4 is 37.2 Å². The van der Waals surface area contributed by atoms with Gasteiger partial charge in [0.05, 0.1) is 21.6 Å². The van der Waals surface area contributed by atoms with E-state index >= 15 is 0 Å². The van der Waals surface area contributed by atoms with Crippen LogP contribution in [0.25, 0.3) is 0 Å². The summed E-state index contributed by atoms with van der Waals surface area (Å²) in [6, 6.07) is 0. The molecule has 154 valence electrons. The van der Waals surface area contributed by atoms with E-state index < -0.39 is 5.09 Å². The zero-order chi connectivity index (χ0) is 19.9. The molecule has 0 rings (SSSR count). The minimum Gasteiger partial charge on any atom is -1.00 e. The summed E-state index contributed by atoms with van der Waals surface area (Å²) in [4.78, 5) is 0. The minimum absolute atomic E-state index is 0. The fourth-order valence-electron chi connectivity index (χ4n) is 1.55. The zero-order valence-electron chi connectivity index (χ0n) is 16.1. The molecule has 0 atom stereocenters. The summed E-state index contributed by atoms with van der Waals surface area (Å²) >= 11 is 16.0. The van der Waals surface area contributed by atoms with Gasteiger partial charge in [-0.25, -0.2) is 0 Å². The van der Waals surface area contributed by atoms with Crippen molar-refractivity contribution in [3.8, 4) is 0 Å². The third-order valence-corrected chi connectivity index (χ3v) is 40.0. The summed E-state index contributed by atoms with van der Waals surface area (Å²) in [5.74, 6) is 0. The summed E-state index contributed by atoms with van der Waals surface area (Å²) < 4.78 is -1.52. The van der Waals surface area contributed by atoms with Crippen LogP contribution in [0, 0.1) is 0 Å². The van der Waals surface area contributed by atoms with Gasteiger partial charge in [0.15, 0.2) is 88.2 Å². The molecule has 0 saturated carbocycles. The average Bonchev–Trinajstić information content (AvgIpc) is 2.27. The predicted molar refractivity (Wildman–Crippen MR) is 168 cm³/mol. The van der Waals surface area contributed by atoms with E-state index in [0.717, 1.165) is 11.3 Å². The Labute approximate surface area is 252 Å². The van der Waals surface area contributed by atoms with E-state index in [1.54, 1.807) is 0 Å². The third kappa shape index (κ3) is 16.3. The SMILES string of the molecule is CC(C)[P+](I)(I)C(C)(C)C.CC(C)[P+](I)(I)C(C)(C)C.I[I-]I.[I-]. The van der Waals surface area contributed by atoms with Crippen molar-refractivity contribution in [2.75, 3.05) is 0 Å². The summed E-state index contributed by atoms with van der Waals surface area (Å²) in [5.41, 5.74) is 1.68. The Morgan fingerprint density at radius 3 is 0.750 bits per heavy atom. The van der Waals surface area contributed by atoms with E-state index in [2.05, 4.69) is 195 Å². The van der Waals surface area contributed by atoms with Gasteiger partial charge in [0, 0.05) is 0 Å². The van der Waals surface area contributed by atoms with Crippen LogP contribution in [0.2, 0.25) is 0 Å². The van der Waals surface area contributed by atoms with E-state index in [1.165, 1.54) is 0 Å². The van der Waals surface area contributed by atoms with Crippen molar-refractivity contribution in [3.05, 3.63) is 0 Å². The third-order valence-electron chi connectivity index (χ3n) is 3.09. The Morgan fingerprint density at radius 1 is 0.625 bits per heavy atom. The van der Waals surface area contributed by atoms with Crippen molar-refractivity contribution in [2.24, 2.45) is 0 Å². The van der Waals surface area contributed by atoms with Crippen molar-refractivity contribution < 1.29 is 37.2 Å². The topological polar surface area (TPSA) is 0 Å². The second-order valence-corrected chi connectivity index (χ2v) is 60.3. The standard InChI is InChI=1S/2C7H16I2P.I3.HI/c2*1-6(2)10(8,9)7(3,4)5;1-3-2;/h2*6H,1-5H3;;1H/q2*+1;-1;/p-1. The molecular weight excluding hydrogens is 1250 g/mol. The molecule has 0 aromatic heterocycles. The molecule has 0 saturated heterocycles. The van der Waals surface area contributed by atoms with E-state index in [9.17, 15) is 0 Å². The van der Waals surface area contributed by atoms with Crippen LogP contribution in [0.1, 0.15) is 69.2 Å². The first-order chi connectivity index (χ1) is 9.80. The van der Waals surface area contributed by atoms with Gasteiger partial charge < -0.3 is 24.0 Å². The van der Waals surface area contributed by atoms with Crippen LogP contribution in [-0.2, 0) is 0 Å². The molecule has 0 aliphatic rings. The number of hydrogen-bond donors (Lipinski definition) is 0. The fraction of sp³-hybridized carbons (Fsp3) is 1.00. The van der Waals surface area contributed by atoms with Crippen molar-refractivity contribution >= 4 is 130 Å². The summed E-state index contributed by atoms with van der Waals surface area (Å²) in [6.45, 7) is 23.4. The van der Waals surface area contributed by atoms with Crippen LogP contribution in [-0.4, -0.2) is 21.6 Å². The largest absolute Gasteiger partial charge is 1.00 e. The van der Waals surface area contributed by atoms with Crippen LogP contribution >= 0.6 is 130 Å². The average molecular weight is 1280 g/mol. The molecule has 0 spiro atoms. The predicted octanol–water partition coefficient (Wildman–Crippen LogP) is 5.60. The van der Waals surface area contributed by atoms with Gasteiger partial charge in [-0.2, -0.15) is 0 Å². The van der Waals surface area contributed by atoms with E-state index in [1.807, 2.05) is 0 Å². The smallest absolute Gasteiger partial charge is 1.00 e. The molecule has 0 radical (unpaired) electrons. The van der Waals surface area contributed by atoms with E-state index in [-0.39, 0.29) is 24.0 Å². The van der Waals surface area contributed by atoms with Crippen LogP contribution in [0.4, 0.5) is 0 Å². The Hall–Kier alpha value is 6.70. The minimum atomic E-state index is -0.758. The van der Waals surface area contributed by atoms with Crippen molar-refractivity contribution in [3.63, 3.8) is 0 Å². The summed E-state index contributed by atoms with van der Waals surface area (Å²) in [7, 11) is 0. The molecule has 10 heteroatoms. The van der Waals surface area contributed by atoms with Gasteiger partial charge in [-0.05, 0) is 69.2 Å². The first-order valence-corrected chi connectivity index (χ1v) is 34.7. The summed E-state index contributed by atoms with van der Waals surface area (Å²) in [6.07, 6.45) is 0. The molecule has 0 fully saturated rings. The Kier molecular flexibility index (Phi) is 27.2. The van der Waals surface area contributed by atoms with Crippen LogP contribution in [0.15, 0.2) is 0 Å². The molecule has 0 aromatic rings. The maximum Gasteiger partial charge on any atom is -1.00 e. The van der Waals surface area contributed by atoms with Gasteiger partial charge in [-0.3, -0.25) is 0 Å². The quantitative estimate of drug-likeness (QED) is 0.250. The monoisotopic (exact) mass is 1280 g/mol. The van der Waals surface area contributed by atoms with E-state index in [4.69, 9.17) is 0 Å². The van der Waals surface area contributed by atoms with Crippen molar-refractivity contribution in [2.45, 2.75) is 90.9 Å². The first-order valence-electron chi connectivity index (χ1n) is 7.23. The van der Waals surface area contributed by atoms with Gasteiger partial charge in [0.1, 0.15) is 5.09 Å². The number of rotatable bonds is 2. The van der Waals surface area contributed by atoms with Gasteiger partial charge >= 0.3 is 50.5 Å². The maximum absolute atomic E-state index is 2.67. The first kappa shape index (κ1) is 38.0. The second-order valence-electron chi connectivity index (χ2n) is 7.70. The summed E-state index contributed by atoms with van der Waals surface area (Å²) in [5, 5.41) is 1.00. The van der Waals surface area contributed by atoms with Gasteiger partial charge in [0.25, 0.3) is 0 Å². The van der Waals surface area contributed by atoms with Crippen molar-refractivity contribution in [1.82, 2.24) is 0 Å². The molecule has 0 unspecified atom stereocenters. The molecule has 0 N–H and O–H groups in total. The maximum atomic E-state index is 2.67. The molecule has 24 heavy (non-hydrogen) atoms. The van der Waals surface area contributed by atoms with Crippen molar-refractivity contribution in [1.29, 1.82) is 0 Å². The number of hydrogen-bond acceptors (Lipinski definition) is 0. The molecule has 0 aliphatic carbocycles. The Morgan fingerprint density at radius 2 is 0.750 bits per heavy atom. The molecule has 0 heterocycles. The van der Waals surface area contributed by atoms with Crippen LogP contribution in [0.5, 0.6) is 0 Å². The molecule has 0 amide bonds. The van der Waals surface area contributed by atoms with Gasteiger partial charge in [-0.1, -0.05) is 0 Å². The number of halogens is 8. The van der Waals surface area contributed by atoms with Crippen LogP contribution in [0.3, 0.4) is 0 Å². The molecule has 0 bridgehead atoms. The van der Waals surface area contributed by atoms with E-state index in [0.29, 0.717) is 23.6 Å². The van der Waals surface area contributed by atoms with Gasteiger partial charge in [0.2, 0.25) is 0 Å². The Bertz CT molecular complexity index is 277. The molecular formula is C14H32I8P2. The van der Waals surface area contributed by atoms with Gasteiger partial charge in [-0.15, -0.1) is 0 Å². The molecule has 0 aliphatic heterocycles. The zero-order valence-corrected chi connectivity index (χ0v) is 35.1. The molecule has 0 aromatic carbocycles. The fourth-order valence-corrected chi connectivity index (χ4v) is 4.65. The Balaban J connectivity index is -0.000000138. The normalized spacial score (nSPS) is 12.9.